The Hall–Kier alpha value is -3.50. The lowest BCUT2D eigenvalue weighted by Crippen LogP contribution is -2.28. The van der Waals surface area contributed by atoms with Crippen LogP contribution in [0.5, 0.6) is 0 Å². The lowest BCUT2D eigenvalue weighted by Gasteiger charge is -2.21. The third-order valence-electron chi connectivity index (χ3n) is 4.71. The molecule has 3 aromatic heterocycles. The number of hydrogen-bond acceptors (Lipinski definition) is 8. The Morgan fingerprint density at radius 3 is 2.56 bits per heavy atom. The summed E-state index contributed by atoms with van der Waals surface area (Å²) in [5.74, 6) is 0.487. The number of halogens is 3. The van der Waals surface area contributed by atoms with Gasteiger partial charge >= 0.3 is 0 Å². The van der Waals surface area contributed by atoms with Gasteiger partial charge in [0.25, 0.3) is 5.56 Å². The van der Waals surface area contributed by atoms with E-state index in [1.54, 1.807) is 19.9 Å². The van der Waals surface area contributed by atoms with Crippen LogP contribution in [0.15, 0.2) is 35.3 Å². The van der Waals surface area contributed by atoms with Crippen molar-refractivity contribution in [2.24, 2.45) is 0 Å². The molecule has 1 aromatic carbocycles. The number of nitrogens with one attached hydrogen (secondary N) is 1. The van der Waals surface area contributed by atoms with Gasteiger partial charge in [-0.1, -0.05) is 23.2 Å². The normalized spacial score (nSPS) is 12.2. The number of hydrogen-bond donors (Lipinski definition) is 3. The smallest absolute Gasteiger partial charge is 0.267 e. The van der Waals surface area contributed by atoms with Gasteiger partial charge in [0.05, 0.1) is 28.3 Å². The predicted octanol–water partition coefficient (Wildman–Crippen LogP) is 3.66. The Labute approximate surface area is 191 Å². The molecular formula is C20H17Cl2FN8O. The number of rotatable bonds is 4. The van der Waals surface area contributed by atoms with Crippen LogP contribution in [0.2, 0.25) is 10.0 Å². The minimum Gasteiger partial charge on any atom is -0.384 e. The van der Waals surface area contributed by atoms with E-state index in [4.69, 9.17) is 34.7 Å². The van der Waals surface area contributed by atoms with Crippen LogP contribution in [0.4, 0.5) is 21.8 Å². The molecular weight excluding hydrogens is 458 g/mol. The molecule has 1 atom stereocenters. The van der Waals surface area contributed by atoms with Crippen LogP contribution in [0.1, 0.15) is 24.6 Å². The first-order valence-corrected chi connectivity index (χ1v) is 10.1. The first-order valence-electron chi connectivity index (χ1n) is 9.36. The van der Waals surface area contributed by atoms with E-state index >= 15 is 0 Å². The lowest BCUT2D eigenvalue weighted by atomic mass is 10.2. The monoisotopic (exact) mass is 474 g/mol. The van der Waals surface area contributed by atoms with Crippen LogP contribution < -0.4 is 22.3 Å². The number of pyridine rings is 1. The van der Waals surface area contributed by atoms with Gasteiger partial charge in [0.15, 0.2) is 5.82 Å². The second-order valence-corrected chi connectivity index (χ2v) is 7.77. The summed E-state index contributed by atoms with van der Waals surface area (Å²) in [6.07, 6.45) is 1.41. The summed E-state index contributed by atoms with van der Waals surface area (Å²) in [5.41, 5.74) is 11.2. The van der Waals surface area contributed by atoms with E-state index in [0.717, 1.165) is 6.07 Å². The predicted molar refractivity (Wildman–Crippen MR) is 123 cm³/mol. The Balaban J connectivity index is 1.97. The molecule has 0 unspecified atom stereocenters. The number of nitrogens with two attached hydrogens (primary N) is 2. The number of anilines is 3. The molecule has 0 amide bonds. The van der Waals surface area contributed by atoms with Crippen molar-refractivity contribution in [1.82, 2.24) is 24.5 Å². The molecule has 164 valence electrons. The van der Waals surface area contributed by atoms with Crippen molar-refractivity contribution in [2.45, 2.75) is 19.9 Å². The van der Waals surface area contributed by atoms with Crippen molar-refractivity contribution in [3.8, 4) is 5.69 Å². The maximum atomic E-state index is 14.6. The van der Waals surface area contributed by atoms with Gasteiger partial charge in [-0.25, -0.2) is 24.3 Å². The van der Waals surface area contributed by atoms with Gasteiger partial charge in [-0.2, -0.15) is 0 Å². The molecule has 5 N–H and O–H groups in total. The Bertz CT molecular complexity index is 1410. The maximum absolute atomic E-state index is 14.6. The maximum Gasteiger partial charge on any atom is 0.267 e. The number of nitrogens with zero attached hydrogens (tertiary/aromatic N) is 5. The van der Waals surface area contributed by atoms with Crippen molar-refractivity contribution in [3.63, 3.8) is 0 Å². The zero-order chi connectivity index (χ0) is 23.2. The number of nitrogen functional groups attached to an aromatic ring is 2. The first kappa shape index (κ1) is 21.7. The number of aryl methyl sites for hydroxylation is 1. The van der Waals surface area contributed by atoms with Gasteiger partial charge in [-0.3, -0.25) is 9.36 Å². The average molecular weight is 475 g/mol. The first-order chi connectivity index (χ1) is 15.2. The fourth-order valence-corrected chi connectivity index (χ4v) is 3.62. The zero-order valence-electron chi connectivity index (χ0n) is 16.9. The standard InChI is InChI=1S/C20H17Cl2FN8O/c1-8(27-18-15(22)17(25)28-9(2)29-18)19-30-16-12(23)5-4-11(21)14(16)20(32)31(19)10-3-6-13(24)26-7-10/h3-8H,1-2H3,(H2,24,26)(H3,25,27,28,29)/t8-/m0/s1. The summed E-state index contributed by atoms with van der Waals surface area (Å²) < 4.78 is 15.9. The van der Waals surface area contributed by atoms with E-state index in [1.807, 2.05) is 0 Å². The van der Waals surface area contributed by atoms with E-state index in [1.165, 1.54) is 22.9 Å². The van der Waals surface area contributed by atoms with Crippen molar-refractivity contribution < 1.29 is 4.39 Å². The molecule has 12 heteroatoms. The number of benzene rings is 1. The van der Waals surface area contributed by atoms with E-state index in [-0.39, 0.29) is 44.2 Å². The highest BCUT2D eigenvalue weighted by Crippen LogP contribution is 2.30. The van der Waals surface area contributed by atoms with E-state index < -0.39 is 17.4 Å². The molecule has 0 saturated heterocycles. The van der Waals surface area contributed by atoms with E-state index in [9.17, 15) is 9.18 Å². The third kappa shape index (κ3) is 3.78. The molecule has 4 rings (SSSR count). The summed E-state index contributed by atoms with van der Waals surface area (Å²) in [4.78, 5) is 30.2. The molecule has 0 aliphatic rings. The Morgan fingerprint density at radius 2 is 1.88 bits per heavy atom. The third-order valence-corrected chi connectivity index (χ3v) is 5.40. The Kier molecular flexibility index (Phi) is 5.57. The van der Waals surface area contributed by atoms with Crippen molar-refractivity contribution in [3.05, 3.63) is 68.3 Å². The van der Waals surface area contributed by atoms with Crippen molar-refractivity contribution in [1.29, 1.82) is 0 Å². The zero-order valence-corrected chi connectivity index (χ0v) is 18.4. The molecule has 0 bridgehead atoms. The molecule has 0 saturated carbocycles. The molecule has 3 heterocycles. The van der Waals surface area contributed by atoms with Gasteiger partial charge in [-0.15, -0.1) is 0 Å². The topological polar surface area (TPSA) is 138 Å². The fraction of sp³-hybridized carbons (Fsp3) is 0.150. The van der Waals surface area contributed by atoms with Gasteiger partial charge < -0.3 is 16.8 Å². The Morgan fingerprint density at radius 1 is 1.12 bits per heavy atom. The van der Waals surface area contributed by atoms with Crippen LogP contribution in [-0.4, -0.2) is 24.5 Å². The molecule has 0 fully saturated rings. The van der Waals surface area contributed by atoms with Gasteiger partial charge in [0.1, 0.15) is 39.6 Å². The summed E-state index contributed by atoms with van der Waals surface area (Å²) in [5, 5.41) is 3.20. The van der Waals surface area contributed by atoms with E-state index in [2.05, 4.69) is 25.3 Å². The molecule has 0 spiro atoms. The van der Waals surface area contributed by atoms with Crippen molar-refractivity contribution >= 4 is 51.6 Å². The minimum atomic E-state index is -0.683. The van der Waals surface area contributed by atoms with Gasteiger partial charge in [-0.05, 0) is 38.1 Å². The van der Waals surface area contributed by atoms with Crippen LogP contribution in [-0.2, 0) is 0 Å². The van der Waals surface area contributed by atoms with Crippen LogP contribution in [0, 0.1) is 12.7 Å². The van der Waals surface area contributed by atoms with Gasteiger partial charge in [0.2, 0.25) is 0 Å². The van der Waals surface area contributed by atoms with Gasteiger partial charge in [0, 0.05) is 0 Å². The number of fused-ring (bicyclic) bond motifs is 1. The molecule has 0 radical (unpaired) electrons. The molecule has 0 aliphatic heterocycles. The highest BCUT2D eigenvalue weighted by atomic mass is 35.5. The molecule has 0 aliphatic carbocycles. The van der Waals surface area contributed by atoms with Crippen molar-refractivity contribution in [2.75, 3.05) is 16.8 Å². The summed E-state index contributed by atoms with van der Waals surface area (Å²) in [7, 11) is 0. The summed E-state index contributed by atoms with van der Waals surface area (Å²) >= 11 is 12.5. The quantitative estimate of drug-likeness (QED) is 0.407. The highest BCUT2D eigenvalue weighted by Gasteiger charge is 2.23. The summed E-state index contributed by atoms with van der Waals surface area (Å²) in [6.45, 7) is 3.37. The molecule has 32 heavy (non-hydrogen) atoms. The number of aromatic nitrogens is 5. The average Bonchev–Trinajstić information content (AvgIpc) is 2.74. The van der Waals surface area contributed by atoms with E-state index in [0.29, 0.717) is 11.5 Å². The minimum absolute atomic E-state index is 0.0559. The lowest BCUT2D eigenvalue weighted by molar-refractivity contribution is 0.632. The second-order valence-electron chi connectivity index (χ2n) is 6.99. The molecule has 4 aromatic rings. The molecule has 9 nitrogen and oxygen atoms in total. The summed E-state index contributed by atoms with van der Waals surface area (Å²) in [6, 6.07) is 4.92. The van der Waals surface area contributed by atoms with Crippen LogP contribution in [0.25, 0.3) is 16.6 Å². The fourth-order valence-electron chi connectivity index (χ4n) is 3.25. The van der Waals surface area contributed by atoms with Crippen LogP contribution in [0.3, 0.4) is 0 Å². The van der Waals surface area contributed by atoms with Crippen LogP contribution >= 0.6 is 23.2 Å². The second kappa shape index (κ2) is 8.21. The largest absolute Gasteiger partial charge is 0.384 e. The SMILES string of the molecule is Cc1nc(N)c(Cl)c(N[C@@H](C)c2nc3c(F)ccc(Cl)c3c(=O)n2-c2ccc(N)nc2)n1. The highest BCUT2D eigenvalue weighted by molar-refractivity contribution is 6.35.